The quantitative estimate of drug-likeness (QED) is 0.870. The zero-order valence-electron chi connectivity index (χ0n) is 10.1. The Morgan fingerprint density at radius 2 is 1.94 bits per heavy atom. The minimum atomic E-state index is -0.242. The van der Waals surface area contributed by atoms with Gasteiger partial charge in [-0.15, -0.1) is 0 Å². The number of hydrogen-bond acceptors (Lipinski definition) is 2. The number of carbonyl (C=O) groups is 1. The molecule has 0 saturated heterocycles. The average Bonchev–Trinajstić information content (AvgIpc) is 2.28. The third-order valence-corrected chi connectivity index (χ3v) is 3.59. The highest BCUT2D eigenvalue weighted by Crippen LogP contribution is 2.25. The van der Waals surface area contributed by atoms with Crippen LogP contribution in [0.2, 0.25) is 10.0 Å². The molecule has 18 heavy (non-hydrogen) atoms. The Hall–Kier alpha value is -0.840. The number of nitrogens with zero attached hydrogens (tertiary/aromatic N) is 1. The number of halogens is 2. The Bertz CT molecular complexity index is 459. The van der Waals surface area contributed by atoms with E-state index in [-0.39, 0.29) is 11.8 Å². The van der Waals surface area contributed by atoms with Gasteiger partial charge in [-0.2, -0.15) is 0 Å². The summed E-state index contributed by atoms with van der Waals surface area (Å²) in [5.74, 6) is -0.302. The molecule has 2 N–H and O–H groups in total. The highest BCUT2D eigenvalue weighted by Gasteiger charge is 2.20. The average molecular weight is 305 g/mol. The molecule has 1 atom stereocenters. The van der Waals surface area contributed by atoms with Crippen LogP contribution >= 0.6 is 35.4 Å². The van der Waals surface area contributed by atoms with E-state index in [9.17, 15) is 4.79 Å². The van der Waals surface area contributed by atoms with Gasteiger partial charge in [-0.3, -0.25) is 4.79 Å². The number of thiocarbonyl (C=S) groups is 1. The number of rotatable bonds is 4. The second kappa shape index (κ2) is 6.36. The summed E-state index contributed by atoms with van der Waals surface area (Å²) in [6.07, 6.45) is 0. The Morgan fingerprint density at radius 1 is 1.44 bits per heavy atom. The van der Waals surface area contributed by atoms with Crippen LogP contribution in [0.25, 0.3) is 0 Å². The van der Waals surface area contributed by atoms with E-state index in [1.165, 1.54) is 4.90 Å². The maximum Gasteiger partial charge on any atom is 0.256 e. The molecular weight excluding hydrogens is 291 g/mol. The van der Waals surface area contributed by atoms with Crippen LogP contribution in [0.5, 0.6) is 0 Å². The fourth-order valence-electron chi connectivity index (χ4n) is 1.48. The van der Waals surface area contributed by atoms with Crippen molar-refractivity contribution in [3.05, 3.63) is 33.8 Å². The number of amides is 1. The molecule has 0 aromatic heterocycles. The van der Waals surface area contributed by atoms with Gasteiger partial charge < -0.3 is 10.6 Å². The van der Waals surface area contributed by atoms with Crippen molar-refractivity contribution in [1.82, 2.24) is 4.90 Å². The number of carbonyl (C=O) groups excluding carboxylic acids is 1. The number of hydrogen-bond donors (Lipinski definition) is 1. The topological polar surface area (TPSA) is 46.3 Å². The molecular formula is C12H14Cl2N2OS. The van der Waals surface area contributed by atoms with Crippen LogP contribution in [0, 0.1) is 5.92 Å². The van der Waals surface area contributed by atoms with Gasteiger partial charge in [0.05, 0.1) is 20.6 Å². The van der Waals surface area contributed by atoms with Gasteiger partial charge in [-0.05, 0) is 12.1 Å². The first-order valence-electron chi connectivity index (χ1n) is 5.33. The normalized spacial score (nSPS) is 12.0. The van der Waals surface area contributed by atoms with E-state index in [2.05, 4.69) is 0 Å². The van der Waals surface area contributed by atoms with Gasteiger partial charge in [0.25, 0.3) is 5.91 Å². The van der Waals surface area contributed by atoms with Crippen molar-refractivity contribution >= 4 is 46.3 Å². The van der Waals surface area contributed by atoms with Crippen LogP contribution in [0.1, 0.15) is 17.3 Å². The van der Waals surface area contributed by atoms with Crippen LogP contribution in [-0.4, -0.2) is 29.4 Å². The maximum atomic E-state index is 12.2. The zero-order chi connectivity index (χ0) is 13.9. The summed E-state index contributed by atoms with van der Waals surface area (Å²) in [6, 6.07) is 4.95. The molecule has 1 aromatic carbocycles. The molecule has 6 heteroatoms. The molecule has 0 spiro atoms. The highest BCUT2D eigenvalue weighted by molar-refractivity contribution is 7.80. The maximum absolute atomic E-state index is 12.2. The molecule has 0 aliphatic carbocycles. The van der Waals surface area contributed by atoms with Crippen molar-refractivity contribution in [3.63, 3.8) is 0 Å². The third-order valence-electron chi connectivity index (χ3n) is 2.56. The van der Waals surface area contributed by atoms with Crippen LogP contribution in [0.15, 0.2) is 18.2 Å². The Kier molecular flexibility index (Phi) is 5.38. The van der Waals surface area contributed by atoms with Crippen LogP contribution in [0.3, 0.4) is 0 Å². The first-order valence-corrected chi connectivity index (χ1v) is 6.49. The molecule has 0 aliphatic heterocycles. The summed E-state index contributed by atoms with van der Waals surface area (Å²) in [4.78, 5) is 14.1. The summed E-state index contributed by atoms with van der Waals surface area (Å²) in [7, 11) is 1.66. The predicted molar refractivity (Wildman–Crippen MR) is 79.4 cm³/mol. The first-order chi connectivity index (χ1) is 8.34. The Labute approximate surface area is 122 Å². The van der Waals surface area contributed by atoms with Crippen molar-refractivity contribution in [2.75, 3.05) is 13.6 Å². The fraction of sp³-hybridized carbons (Fsp3) is 0.333. The summed E-state index contributed by atoms with van der Waals surface area (Å²) in [5, 5.41) is 0.671. The van der Waals surface area contributed by atoms with E-state index < -0.39 is 0 Å². The molecule has 0 bridgehead atoms. The van der Waals surface area contributed by atoms with Gasteiger partial charge in [-0.25, -0.2) is 0 Å². The molecule has 1 unspecified atom stereocenters. The van der Waals surface area contributed by atoms with Gasteiger partial charge in [0.1, 0.15) is 0 Å². The van der Waals surface area contributed by atoms with E-state index in [0.717, 1.165) is 0 Å². The van der Waals surface area contributed by atoms with Crippen molar-refractivity contribution in [2.24, 2.45) is 11.7 Å². The summed E-state index contributed by atoms with van der Waals surface area (Å²) in [5.41, 5.74) is 5.83. The second-order valence-corrected chi connectivity index (χ2v) is 5.37. The lowest BCUT2D eigenvalue weighted by molar-refractivity contribution is 0.0787. The fourth-order valence-corrected chi connectivity index (χ4v) is 2.11. The Morgan fingerprint density at radius 3 is 2.39 bits per heavy atom. The molecule has 1 amide bonds. The lowest BCUT2D eigenvalue weighted by atomic mass is 10.1. The molecule has 0 radical (unpaired) electrons. The molecule has 3 nitrogen and oxygen atoms in total. The van der Waals surface area contributed by atoms with Crippen LogP contribution in [0.4, 0.5) is 0 Å². The lowest BCUT2D eigenvalue weighted by Gasteiger charge is -2.21. The van der Waals surface area contributed by atoms with Crippen molar-refractivity contribution in [3.8, 4) is 0 Å². The molecule has 0 fully saturated rings. The minimum absolute atomic E-state index is 0.0600. The van der Waals surface area contributed by atoms with Gasteiger partial charge in [0, 0.05) is 19.5 Å². The summed E-state index contributed by atoms with van der Waals surface area (Å²) >= 11 is 16.8. The van der Waals surface area contributed by atoms with Crippen molar-refractivity contribution in [1.29, 1.82) is 0 Å². The summed E-state index contributed by atoms with van der Waals surface area (Å²) < 4.78 is 0. The van der Waals surface area contributed by atoms with E-state index in [1.807, 2.05) is 6.92 Å². The zero-order valence-corrected chi connectivity index (χ0v) is 12.4. The number of benzene rings is 1. The summed E-state index contributed by atoms with van der Waals surface area (Å²) in [6.45, 7) is 2.29. The van der Waals surface area contributed by atoms with E-state index in [4.69, 9.17) is 41.2 Å². The molecule has 98 valence electrons. The molecule has 1 aromatic rings. The van der Waals surface area contributed by atoms with E-state index in [1.54, 1.807) is 25.2 Å². The molecule has 0 aliphatic rings. The van der Waals surface area contributed by atoms with Gasteiger partial charge in [0.15, 0.2) is 0 Å². The standard InChI is InChI=1S/C12H14Cl2N2OS/c1-7(11(15)18)6-16(2)12(17)10-8(13)4-3-5-9(10)14/h3-5,7H,6H2,1-2H3,(H2,15,18). The third kappa shape index (κ3) is 3.57. The van der Waals surface area contributed by atoms with Crippen LogP contribution in [-0.2, 0) is 0 Å². The molecule has 1 rings (SSSR count). The molecule has 0 saturated carbocycles. The smallest absolute Gasteiger partial charge is 0.256 e. The highest BCUT2D eigenvalue weighted by atomic mass is 35.5. The first kappa shape index (κ1) is 15.2. The van der Waals surface area contributed by atoms with Crippen LogP contribution < -0.4 is 5.73 Å². The predicted octanol–water partition coefficient (Wildman–Crippen LogP) is 2.99. The van der Waals surface area contributed by atoms with Crippen molar-refractivity contribution < 1.29 is 4.79 Å². The Balaban J connectivity index is 2.90. The van der Waals surface area contributed by atoms with Crippen molar-refractivity contribution in [2.45, 2.75) is 6.92 Å². The minimum Gasteiger partial charge on any atom is -0.393 e. The number of nitrogens with two attached hydrogens (primary N) is 1. The van der Waals surface area contributed by atoms with Gasteiger partial charge in [-0.1, -0.05) is 48.4 Å². The van der Waals surface area contributed by atoms with E-state index in [0.29, 0.717) is 27.1 Å². The largest absolute Gasteiger partial charge is 0.393 e. The van der Waals surface area contributed by atoms with E-state index >= 15 is 0 Å². The lowest BCUT2D eigenvalue weighted by Crippen LogP contribution is -2.35. The molecule has 0 heterocycles. The van der Waals surface area contributed by atoms with Gasteiger partial charge >= 0.3 is 0 Å². The van der Waals surface area contributed by atoms with Gasteiger partial charge in [0.2, 0.25) is 0 Å². The SMILES string of the molecule is CC(CN(C)C(=O)c1c(Cl)cccc1Cl)C(N)=S. The second-order valence-electron chi connectivity index (χ2n) is 4.09. The monoisotopic (exact) mass is 304 g/mol.